The molecule has 0 saturated carbocycles. The molecule has 2 atom stereocenters. The highest BCUT2D eigenvalue weighted by molar-refractivity contribution is 7.92. The highest BCUT2D eigenvalue weighted by Crippen LogP contribution is 2.33. The predicted molar refractivity (Wildman–Crippen MR) is 128 cm³/mol. The minimum absolute atomic E-state index is 0.0534. The average Bonchev–Trinajstić information content (AvgIpc) is 3.16. The van der Waals surface area contributed by atoms with Crippen LogP contribution in [0, 0.1) is 5.92 Å². The Morgan fingerprint density at radius 3 is 2.41 bits per heavy atom. The van der Waals surface area contributed by atoms with Crippen molar-refractivity contribution in [3.05, 3.63) is 54.1 Å². The number of sulfonamides is 1. The van der Waals surface area contributed by atoms with Gasteiger partial charge in [-0.15, -0.1) is 0 Å². The van der Waals surface area contributed by atoms with Crippen LogP contribution in [-0.2, 0) is 19.6 Å². The van der Waals surface area contributed by atoms with Crippen molar-refractivity contribution in [3.8, 4) is 0 Å². The Balaban J connectivity index is 1.66. The molecule has 1 heterocycles. The van der Waals surface area contributed by atoms with E-state index in [1.165, 1.54) is 0 Å². The molecule has 1 fully saturated rings. The molecule has 8 heteroatoms. The number of nitrogens with zero attached hydrogens (tertiary/aromatic N) is 1. The summed E-state index contributed by atoms with van der Waals surface area (Å²) in [4.78, 5) is 27.2. The molecule has 1 aliphatic rings. The summed E-state index contributed by atoms with van der Waals surface area (Å²) < 4.78 is 26.3. The Bertz CT molecular complexity index is 1070. The number of nitrogens with one attached hydrogen (secondary N) is 2. The van der Waals surface area contributed by atoms with Gasteiger partial charge in [-0.2, -0.15) is 0 Å². The molecule has 0 aromatic heterocycles. The van der Waals surface area contributed by atoms with Gasteiger partial charge >= 0.3 is 0 Å². The fourth-order valence-electron chi connectivity index (χ4n) is 3.85. The van der Waals surface area contributed by atoms with Crippen LogP contribution < -0.4 is 14.9 Å². The molecule has 2 unspecified atom stereocenters. The first-order valence-corrected chi connectivity index (χ1v) is 12.7. The van der Waals surface area contributed by atoms with Crippen LogP contribution in [0.4, 0.5) is 17.1 Å². The maximum absolute atomic E-state index is 12.8. The molecule has 172 valence electrons. The van der Waals surface area contributed by atoms with E-state index >= 15 is 0 Å². The molecule has 0 bridgehead atoms. The van der Waals surface area contributed by atoms with Crippen molar-refractivity contribution >= 4 is 38.9 Å². The van der Waals surface area contributed by atoms with Crippen LogP contribution in [0.3, 0.4) is 0 Å². The van der Waals surface area contributed by atoms with Gasteiger partial charge in [0.1, 0.15) is 0 Å². The van der Waals surface area contributed by atoms with Gasteiger partial charge in [-0.1, -0.05) is 39.0 Å². The van der Waals surface area contributed by atoms with Gasteiger partial charge in [0.2, 0.25) is 21.8 Å². The van der Waals surface area contributed by atoms with Crippen LogP contribution in [0.15, 0.2) is 48.5 Å². The quantitative estimate of drug-likeness (QED) is 0.585. The standard InChI is InChI=1S/C24H31N3O4S/c1-4-14-32(30,31)26-20-12-10-19(11-13-20)25-24(29)18-15-23(28)27(16-18)22-9-7-6-8-21(22)17(3)5-2/h6-13,17-18,26H,4-5,14-16H2,1-3H3,(H,25,29). The average molecular weight is 458 g/mol. The zero-order chi connectivity index (χ0) is 23.3. The number of para-hydroxylation sites is 1. The number of carbonyl (C=O) groups excluding carboxylic acids is 2. The Labute approximate surface area is 190 Å². The lowest BCUT2D eigenvalue weighted by Gasteiger charge is -2.23. The molecule has 3 rings (SSSR count). The maximum atomic E-state index is 12.8. The van der Waals surface area contributed by atoms with Crippen LogP contribution in [0.5, 0.6) is 0 Å². The van der Waals surface area contributed by atoms with Gasteiger partial charge in [-0.3, -0.25) is 14.3 Å². The van der Waals surface area contributed by atoms with Gasteiger partial charge in [-0.25, -0.2) is 8.42 Å². The Morgan fingerprint density at radius 2 is 1.75 bits per heavy atom. The number of rotatable bonds is 9. The van der Waals surface area contributed by atoms with E-state index in [2.05, 4.69) is 23.9 Å². The molecule has 0 spiro atoms. The van der Waals surface area contributed by atoms with Crippen molar-refractivity contribution in [2.24, 2.45) is 5.92 Å². The number of carbonyl (C=O) groups is 2. The van der Waals surface area contributed by atoms with E-state index in [0.717, 1.165) is 17.7 Å². The van der Waals surface area contributed by atoms with E-state index in [9.17, 15) is 18.0 Å². The highest BCUT2D eigenvalue weighted by atomic mass is 32.2. The third-order valence-corrected chi connectivity index (χ3v) is 7.26. The van der Waals surface area contributed by atoms with E-state index in [4.69, 9.17) is 0 Å². The Kier molecular flexibility index (Phi) is 7.56. The summed E-state index contributed by atoms with van der Waals surface area (Å²) in [5.41, 5.74) is 3.00. The van der Waals surface area contributed by atoms with E-state index < -0.39 is 15.9 Å². The smallest absolute Gasteiger partial charge is 0.232 e. The van der Waals surface area contributed by atoms with Gasteiger partial charge < -0.3 is 10.2 Å². The second kappa shape index (κ2) is 10.2. The van der Waals surface area contributed by atoms with Crippen LogP contribution in [0.2, 0.25) is 0 Å². The number of benzene rings is 2. The second-order valence-corrected chi connectivity index (χ2v) is 10.1. The molecule has 0 radical (unpaired) electrons. The van der Waals surface area contributed by atoms with Gasteiger partial charge in [0.25, 0.3) is 0 Å². The molecule has 2 amide bonds. The zero-order valence-electron chi connectivity index (χ0n) is 18.8. The minimum atomic E-state index is -3.36. The largest absolute Gasteiger partial charge is 0.326 e. The number of anilines is 3. The van der Waals surface area contributed by atoms with Crippen molar-refractivity contribution in [3.63, 3.8) is 0 Å². The normalized spacial score (nSPS) is 17.3. The summed E-state index contributed by atoms with van der Waals surface area (Å²) in [5, 5.41) is 2.85. The first kappa shape index (κ1) is 23.8. The summed E-state index contributed by atoms with van der Waals surface area (Å²) in [6, 6.07) is 14.4. The molecule has 32 heavy (non-hydrogen) atoms. The molecule has 2 N–H and O–H groups in total. The molecule has 2 aromatic rings. The number of amides is 2. The predicted octanol–water partition coefficient (Wildman–Crippen LogP) is 4.34. The van der Waals surface area contributed by atoms with E-state index in [1.807, 2.05) is 24.3 Å². The lowest BCUT2D eigenvalue weighted by atomic mass is 9.96. The molecule has 2 aromatic carbocycles. The van der Waals surface area contributed by atoms with E-state index in [1.54, 1.807) is 36.1 Å². The van der Waals surface area contributed by atoms with E-state index in [0.29, 0.717) is 30.3 Å². The lowest BCUT2D eigenvalue weighted by molar-refractivity contribution is -0.122. The Morgan fingerprint density at radius 1 is 1.09 bits per heavy atom. The summed E-state index contributed by atoms with van der Waals surface area (Å²) in [7, 11) is -3.36. The van der Waals surface area contributed by atoms with Crippen LogP contribution in [-0.4, -0.2) is 32.5 Å². The third-order valence-electron chi connectivity index (χ3n) is 5.77. The number of hydrogen-bond donors (Lipinski definition) is 2. The minimum Gasteiger partial charge on any atom is -0.326 e. The Hall–Kier alpha value is -2.87. The van der Waals surface area contributed by atoms with Gasteiger partial charge in [0.15, 0.2) is 0 Å². The van der Waals surface area contributed by atoms with Crippen molar-refractivity contribution in [1.29, 1.82) is 0 Å². The highest BCUT2D eigenvalue weighted by Gasteiger charge is 2.36. The second-order valence-electron chi connectivity index (χ2n) is 8.26. The fourth-order valence-corrected chi connectivity index (χ4v) is 4.99. The zero-order valence-corrected chi connectivity index (χ0v) is 19.6. The monoisotopic (exact) mass is 457 g/mol. The van der Waals surface area contributed by atoms with E-state index in [-0.39, 0.29) is 24.0 Å². The van der Waals surface area contributed by atoms with Crippen LogP contribution in [0.1, 0.15) is 51.5 Å². The molecule has 1 saturated heterocycles. The maximum Gasteiger partial charge on any atom is 0.232 e. The summed E-state index contributed by atoms with van der Waals surface area (Å²) in [6.07, 6.45) is 1.66. The third kappa shape index (κ3) is 5.68. The topological polar surface area (TPSA) is 95.6 Å². The van der Waals surface area contributed by atoms with Crippen molar-refractivity contribution in [2.45, 2.75) is 46.0 Å². The van der Waals surface area contributed by atoms with Crippen LogP contribution >= 0.6 is 0 Å². The van der Waals surface area contributed by atoms with Crippen molar-refractivity contribution in [2.75, 3.05) is 27.2 Å². The molecule has 1 aliphatic heterocycles. The SMILES string of the molecule is CCCS(=O)(=O)Nc1ccc(NC(=O)C2CC(=O)N(c3ccccc3C(C)CC)C2)cc1. The van der Waals surface area contributed by atoms with Gasteiger partial charge in [-0.05, 0) is 54.7 Å². The lowest BCUT2D eigenvalue weighted by Crippen LogP contribution is -2.29. The number of hydrogen-bond acceptors (Lipinski definition) is 4. The van der Waals surface area contributed by atoms with Crippen molar-refractivity contribution < 1.29 is 18.0 Å². The first-order valence-electron chi connectivity index (χ1n) is 11.0. The first-order chi connectivity index (χ1) is 15.2. The summed E-state index contributed by atoms with van der Waals surface area (Å²) in [6.45, 7) is 6.39. The fraction of sp³-hybridized carbons (Fsp3) is 0.417. The van der Waals surface area contributed by atoms with Gasteiger partial charge in [0, 0.05) is 30.0 Å². The van der Waals surface area contributed by atoms with Gasteiger partial charge in [0.05, 0.1) is 11.7 Å². The molecule has 0 aliphatic carbocycles. The summed E-state index contributed by atoms with van der Waals surface area (Å²) in [5.74, 6) is -0.351. The molecular formula is C24H31N3O4S. The molecule has 7 nitrogen and oxygen atoms in total. The summed E-state index contributed by atoms with van der Waals surface area (Å²) >= 11 is 0. The molecular weight excluding hydrogens is 426 g/mol. The van der Waals surface area contributed by atoms with Crippen molar-refractivity contribution in [1.82, 2.24) is 0 Å². The van der Waals surface area contributed by atoms with Crippen LogP contribution in [0.25, 0.3) is 0 Å².